The summed E-state index contributed by atoms with van der Waals surface area (Å²) in [5.74, 6) is 0.591. The van der Waals surface area contributed by atoms with Gasteiger partial charge >= 0.3 is 0 Å². The van der Waals surface area contributed by atoms with Gasteiger partial charge in [-0.2, -0.15) is 0 Å². The van der Waals surface area contributed by atoms with E-state index >= 15 is 0 Å². The van der Waals surface area contributed by atoms with E-state index in [1.165, 1.54) is 6.07 Å². The number of alkyl halides is 1. The Morgan fingerprint density at radius 1 is 1.26 bits per heavy atom. The van der Waals surface area contributed by atoms with Crippen molar-refractivity contribution in [1.29, 1.82) is 0 Å². The molecule has 0 aliphatic rings. The largest absolute Gasteiger partial charge is 0.496 e. The zero-order chi connectivity index (χ0) is 14.4. The Morgan fingerprint density at radius 2 is 1.84 bits per heavy atom. The van der Waals surface area contributed by atoms with Crippen LogP contribution in [0, 0.1) is 11.7 Å². The summed E-state index contributed by atoms with van der Waals surface area (Å²) in [5, 5.41) is -0.147. The first-order chi connectivity index (χ1) is 9.04. The van der Waals surface area contributed by atoms with Crippen molar-refractivity contribution < 1.29 is 9.13 Å². The highest BCUT2D eigenvalue weighted by Gasteiger charge is 2.24. The lowest BCUT2D eigenvalue weighted by atomic mass is 9.90. The van der Waals surface area contributed by atoms with Crippen LogP contribution >= 0.6 is 27.5 Å². The van der Waals surface area contributed by atoms with E-state index in [1.807, 2.05) is 0 Å². The van der Waals surface area contributed by atoms with Gasteiger partial charge in [0.05, 0.1) is 17.0 Å². The van der Waals surface area contributed by atoms with Gasteiger partial charge in [-0.05, 0) is 40.8 Å². The van der Waals surface area contributed by atoms with E-state index in [2.05, 4.69) is 29.8 Å². The smallest absolute Gasteiger partial charge is 0.141 e. The van der Waals surface area contributed by atoms with Crippen LogP contribution in [0.25, 0.3) is 0 Å². The van der Waals surface area contributed by atoms with Gasteiger partial charge in [-0.25, -0.2) is 4.39 Å². The van der Waals surface area contributed by atoms with Gasteiger partial charge in [-0.15, -0.1) is 11.6 Å². The summed E-state index contributed by atoms with van der Waals surface area (Å²) in [5.41, 5.74) is 0.865. The van der Waals surface area contributed by atoms with Gasteiger partial charge in [0.25, 0.3) is 0 Å². The maximum absolute atomic E-state index is 13.5. The molecule has 1 atom stereocenters. The third-order valence-electron chi connectivity index (χ3n) is 3.30. The highest BCUT2D eigenvalue weighted by Crippen LogP contribution is 2.41. The summed E-state index contributed by atoms with van der Waals surface area (Å²) in [6.07, 6.45) is 4.33. The molecule has 0 fully saturated rings. The quantitative estimate of drug-likeness (QED) is 0.540. The molecule has 0 saturated heterocycles. The molecule has 0 heterocycles. The standard InChI is InChI=1S/C15H21BrClFO/c1-4-6-10(7-5-2)15(17)11-8-12(16)13(18)9-14(11)19-3/h8-10,15H,4-7H2,1-3H3. The predicted octanol–water partition coefficient (Wildman–Crippen LogP) is 6.09. The molecule has 0 N–H and O–H groups in total. The SMILES string of the molecule is CCCC(CCC)C(Cl)c1cc(Br)c(F)cc1OC. The minimum Gasteiger partial charge on any atom is -0.496 e. The van der Waals surface area contributed by atoms with Crippen molar-refractivity contribution in [1.82, 2.24) is 0 Å². The van der Waals surface area contributed by atoms with Gasteiger partial charge in [0.1, 0.15) is 11.6 Å². The van der Waals surface area contributed by atoms with Crippen molar-refractivity contribution >= 4 is 27.5 Å². The molecule has 0 radical (unpaired) electrons. The maximum Gasteiger partial charge on any atom is 0.141 e. The van der Waals surface area contributed by atoms with Crippen LogP contribution in [0.4, 0.5) is 4.39 Å². The lowest BCUT2D eigenvalue weighted by molar-refractivity contribution is 0.385. The molecule has 0 amide bonds. The molecule has 0 bridgehead atoms. The fourth-order valence-corrected chi connectivity index (χ4v) is 3.15. The van der Waals surface area contributed by atoms with Crippen LogP contribution < -0.4 is 4.74 Å². The molecule has 4 heteroatoms. The van der Waals surface area contributed by atoms with Crippen LogP contribution in [0.3, 0.4) is 0 Å². The van der Waals surface area contributed by atoms with Gasteiger partial charge in [-0.3, -0.25) is 0 Å². The van der Waals surface area contributed by atoms with E-state index < -0.39 is 0 Å². The second kappa shape index (κ2) is 8.11. The topological polar surface area (TPSA) is 9.23 Å². The van der Waals surface area contributed by atoms with E-state index in [4.69, 9.17) is 16.3 Å². The average molecular weight is 352 g/mol. The normalized spacial score (nSPS) is 12.8. The van der Waals surface area contributed by atoms with Gasteiger partial charge < -0.3 is 4.74 Å². The fourth-order valence-electron chi connectivity index (χ4n) is 2.37. The summed E-state index contributed by atoms with van der Waals surface area (Å²) < 4.78 is 19.2. The molecular weight excluding hydrogens is 331 g/mol. The van der Waals surface area contributed by atoms with E-state index in [-0.39, 0.29) is 11.2 Å². The third kappa shape index (κ3) is 4.35. The molecule has 0 saturated carbocycles. The molecule has 1 nitrogen and oxygen atoms in total. The van der Waals surface area contributed by atoms with E-state index in [1.54, 1.807) is 13.2 Å². The Bertz CT molecular complexity index is 405. The number of methoxy groups -OCH3 is 1. The molecule has 0 spiro atoms. The maximum atomic E-state index is 13.5. The van der Waals surface area contributed by atoms with Crippen LogP contribution in [-0.2, 0) is 0 Å². The summed E-state index contributed by atoms with van der Waals surface area (Å²) in [7, 11) is 1.55. The second-order valence-electron chi connectivity index (χ2n) is 4.75. The molecule has 0 aliphatic carbocycles. The molecule has 1 aromatic rings. The summed E-state index contributed by atoms with van der Waals surface area (Å²) in [4.78, 5) is 0. The van der Waals surface area contributed by atoms with Crippen LogP contribution in [0.15, 0.2) is 16.6 Å². The second-order valence-corrected chi connectivity index (χ2v) is 6.07. The van der Waals surface area contributed by atoms with Gasteiger partial charge in [-0.1, -0.05) is 26.7 Å². The molecule has 19 heavy (non-hydrogen) atoms. The zero-order valence-electron chi connectivity index (χ0n) is 11.7. The molecular formula is C15H21BrClFO. The lowest BCUT2D eigenvalue weighted by Gasteiger charge is -2.23. The number of ether oxygens (including phenoxy) is 1. The summed E-state index contributed by atoms with van der Waals surface area (Å²) >= 11 is 9.83. The van der Waals surface area contributed by atoms with Gasteiger partial charge in [0, 0.05) is 11.6 Å². The number of benzene rings is 1. The monoisotopic (exact) mass is 350 g/mol. The van der Waals surface area contributed by atoms with Crippen molar-refractivity contribution in [2.24, 2.45) is 5.92 Å². The van der Waals surface area contributed by atoms with E-state index in [0.29, 0.717) is 16.1 Å². The van der Waals surface area contributed by atoms with Crippen molar-refractivity contribution in [3.63, 3.8) is 0 Å². The number of hydrogen-bond acceptors (Lipinski definition) is 1. The van der Waals surface area contributed by atoms with Crippen molar-refractivity contribution in [2.75, 3.05) is 7.11 Å². The van der Waals surface area contributed by atoms with Crippen LogP contribution in [-0.4, -0.2) is 7.11 Å². The molecule has 108 valence electrons. The first kappa shape index (κ1) is 16.8. The highest BCUT2D eigenvalue weighted by atomic mass is 79.9. The molecule has 0 aromatic heterocycles. The Morgan fingerprint density at radius 3 is 2.32 bits per heavy atom. The molecule has 1 unspecified atom stereocenters. The van der Waals surface area contributed by atoms with Gasteiger partial charge in [0.2, 0.25) is 0 Å². The molecule has 1 aromatic carbocycles. The Kier molecular flexibility index (Phi) is 7.16. The van der Waals surface area contributed by atoms with E-state index in [0.717, 1.165) is 31.2 Å². The summed E-state index contributed by atoms with van der Waals surface area (Å²) in [6, 6.07) is 3.13. The highest BCUT2D eigenvalue weighted by molar-refractivity contribution is 9.10. The minimum absolute atomic E-state index is 0.147. The lowest BCUT2D eigenvalue weighted by Crippen LogP contribution is -2.09. The number of hydrogen-bond donors (Lipinski definition) is 0. The molecule has 0 aliphatic heterocycles. The summed E-state index contributed by atoms with van der Waals surface area (Å²) in [6.45, 7) is 4.31. The van der Waals surface area contributed by atoms with Crippen molar-refractivity contribution in [3.05, 3.63) is 28.0 Å². The van der Waals surface area contributed by atoms with Crippen LogP contribution in [0.2, 0.25) is 0 Å². The van der Waals surface area contributed by atoms with Gasteiger partial charge in [0.15, 0.2) is 0 Å². The average Bonchev–Trinajstić information content (AvgIpc) is 2.40. The fraction of sp³-hybridized carbons (Fsp3) is 0.600. The third-order valence-corrected chi connectivity index (χ3v) is 4.50. The Labute approximate surface area is 128 Å². The van der Waals surface area contributed by atoms with Crippen LogP contribution in [0.1, 0.15) is 50.5 Å². The van der Waals surface area contributed by atoms with Crippen LogP contribution in [0.5, 0.6) is 5.75 Å². The van der Waals surface area contributed by atoms with E-state index in [9.17, 15) is 4.39 Å². The van der Waals surface area contributed by atoms with Crippen molar-refractivity contribution in [3.8, 4) is 5.75 Å². The molecule has 1 rings (SSSR count). The van der Waals surface area contributed by atoms with Crippen molar-refractivity contribution in [2.45, 2.75) is 44.9 Å². The first-order valence-corrected chi connectivity index (χ1v) is 7.95. The zero-order valence-corrected chi connectivity index (χ0v) is 14.0. The number of halogens is 3. The Balaban J connectivity index is 3.08. The predicted molar refractivity (Wildman–Crippen MR) is 82.6 cm³/mol. The number of rotatable bonds is 7. The first-order valence-electron chi connectivity index (χ1n) is 6.72. The Hall–Kier alpha value is -0.280. The minimum atomic E-state index is -0.327.